The molecule has 0 unspecified atom stereocenters. The first kappa shape index (κ1) is 42.5. The zero-order chi connectivity index (χ0) is 37.7. The first-order chi connectivity index (χ1) is 23.4. The van der Waals surface area contributed by atoms with Gasteiger partial charge in [0.2, 0.25) is 0 Å². The van der Waals surface area contributed by atoms with E-state index in [1.54, 1.807) is 25.2 Å². The number of cyclic esters (lactones) is 1. The molecule has 278 valence electrons. The van der Waals surface area contributed by atoms with Crippen LogP contribution in [0.1, 0.15) is 68.2 Å². The average Bonchev–Trinajstić information content (AvgIpc) is 3.06. The van der Waals surface area contributed by atoms with Crippen molar-refractivity contribution in [3.63, 3.8) is 0 Å². The van der Waals surface area contributed by atoms with E-state index in [1.807, 2.05) is 116 Å². The third-order valence-electron chi connectivity index (χ3n) is 9.64. The van der Waals surface area contributed by atoms with E-state index in [1.165, 1.54) is 0 Å². The van der Waals surface area contributed by atoms with Gasteiger partial charge in [0.15, 0.2) is 0 Å². The van der Waals surface area contributed by atoms with Crippen molar-refractivity contribution in [2.75, 3.05) is 24.3 Å². The molecule has 0 saturated heterocycles. The van der Waals surface area contributed by atoms with Gasteiger partial charge in [0.1, 0.15) is 12.2 Å². The molecule has 11 atom stereocenters. The molecule has 0 bridgehead atoms. The van der Waals surface area contributed by atoms with Gasteiger partial charge < -0.3 is 29.7 Å². The van der Waals surface area contributed by atoms with Crippen molar-refractivity contribution >= 4 is 23.4 Å². The highest BCUT2D eigenvalue weighted by Crippen LogP contribution is 2.30. The van der Waals surface area contributed by atoms with Crippen LogP contribution in [0, 0.1) is 35.5 Å². The average molecular weight is 695 g/mol. The normalized spacial score (nSPS) is 22.4. The fourth-order valence-electron chi connectivity index (χ4n) is 6.51. The number of amides is 1. The molecule has 9 nitrogen and oxygen atoms in total. The van der Waals surface area contributed by atoms with Gasteiger partial charge in [0.25, 0.3) is 0 Å². The number of carbonyl (C=O) groups excluding carboxylic acids is 2. The minimum atomic E-state index is -0.808. The van der Waals surface area contributed by atoms with Crippen molar-refractivity contribution in [3.8, 4) is 0 Å². The highest BCUT2D eigenvalue weighted by atomic mass is 16.6. The third-order valence-corrected chi connectivity index (χ3v) is 9.64. The lowest BCUT2D eigenvalue weighted by atomic mass is 9.81. The number of ether oxygens (including phenoxy) is 2. The molecule has 2 rings (SSSR count). The van der Waals surface area contributed by atoms with Crippen molar-refractivity contribution in [3.05, 3.63) is 84.5 Å². The Morgan fingerprint density at radius 2 is 1.64 bits per heavy atom. The standard InChI is InChI=1S/C41H62N2O7/c1-12-13-14-27(4)39(50-41(48)42-33-16-18-34(19-17-33)43(10)11)32(9)38(46)30(7)22-25(2)21-29(6)37(45)26(3)15-20-35(44)24-36-28(5)23-31(8)40(47)49-36/h12-21,23,26-30,32,35-39,44-46H,1,22,24H2,2-11H3,(H,42,48)/b14-13-,20-15-,25-21-/t26-,27-,28+,29-,30-,32-,35+,36-,37-,38+,39-/m0/s1. The molecule has 1 aliphatic heterocycles. The number of nitrogens with one attached hydrogen (secondary N) is 1. The van der Waals surface area contributed by atoms with Gasteiger partial charge in [-0.2, -0.15) is 0 Å². The Hall–Kier alpha value is -3.66. The van der Waals surface area contributed by atoms with Crippen molar-refractivity contribution < 1.29 is 34.4 Å². The van der Waals surface area contributed by atoms with Gasteiger partial charge in [0, 0.05) is 67.1 Å². The molecule has 0 radical (unpaired) electrons. The van der Waals surface area contributed by atoms with Crippen LogP contribution in [0.4, 0.5) is 16.2 Å². The molecule has 1 aliphatic rings. The van der Waals surface area contributed by atoms with Crippen LogP contribution in [0.2, 0.25) is 0 Å². The van der Waals surface area contributed by atoms with Crippen LogP contribution in [-0.4, -0.2) is 72.0 Å². The van der Waals surface area contributed by atoms with Gasteiger partial charge in [-0.05, 0) is 50.5 Å². The van der Waals surface area contributed by atoms with Gasteiger partial charge >= 0.3 is 12.1 Å². The van der Waals surface area contributed by atoms with Gasteiger partial charge in [-0.1, -0.05) is 96.2 Å². The molecule has 0 spiro atoms. The van der Waals surface area contributed by atoms with Gasteiger partial charge in [-0.3, -0.25) is 5.32 Å². The van der Waals surface area contributed by atoms with E-state index in [0.717, 1.165) is 11.3 Å². The number of rotatable bonds is 18. The molecule has 1 aromatic rings. The van der Waals surface area contributed by atoms with Crippen LogP contribution in [0.15, 0.2) is 84.5 Å². The lowest BCUT2D eigenvalue weighted by molar-refractivity contribution is -0.149. The maximum absolute atomic E-state index is 13.0. The van der Waals surface area contributed by atoms with E-state index < -0.39 is 36.6 Å². The number of hydrogen-bond acceptors (Lipinski definition) is 8. The van der Waals surface area contributed by atoms with E-state index in [-0.39, 0.29) is 47.9 Å². The second-order valence-electron chi connectivity index (χ2n) is 14.5. The number of carbonyl (C=O) groups is 2. The van der Waals surface area contributed by atoms with E-state index in [4.69, 9.17) is 9.47 Å². The summed E-state index contributed by atoms with van der Waals surface area (Å²) in [5, 5.41) is 35.9. The summed E-state index contributed by atoms with van der Waals surface area (Å²) in [5.74, 6) is -1.48. The zero-order valence-corrected chi connectivity index (χ0v) is 31.7. The molecular formula is C41H62N2O7. The first-order valence-electron chi connectivity index (χ1n) is 17.8. The summed E-state index contributed by atoms with van der Waals surface area (Å²) < 4.78 is 11.4. The van der Waals surface area contributed by atoms with E-state index >= 15 is 0 Å². The molecule has 50 heavy (non-hydrogen) atoms. The molecule has 0 saturated carbocycles. The zero-order valence-electron chi connectivity index (χ0n) is 31.7. The lowest BCUT2D eigenvalue weighted by Gasteiger charge is -2.34. The van der Waals surface area contributed by atoms with Crippen LogP contribution in [-0.2, 0) is 14.3 Å². The number of nitrogens with zero attached hydrogens (tertiary/aromatic N) is 1. The van der Waals surface area contributed by atoms with Crippen LogP contribution < -0.4 is 10.2 Å². The summed E-state index contributed by atoms with van der Waals surface area (Å²) >= 11 is 0. The molecule has 0 fully saturated rings. The second-order valence-corrected chi connectivity index (χ2v) is 14.5. The van der Waals surface area contributed by atoms with Crippen molar-refractivity contribution in [2.45, 2.75) is 98.8 Å². The maximum atomic E-state index is 13.0. The van der Waals surface area contributed by atoms with E-state index in [0.29, 0.717) is 17.7 Å². The van der Waals surface area contributed by atoms with E-state index in [2.05, 4.69) is 11.9 Å². The molecule has 1 heterocycles. The largest absolute Gasteiger partial charge is 0.458 e. The summed E-state index contributed by atoms with van der Waals surface area (Å²) in [4.78, 5) is 26.9. The van der Waals surface area contributed by atoms with Crippen LogP contribution >= 0.6 is 0 Å². The number of allylic oxidation sites excluding steroid dienone is 3. The van der Waals surface area contributed by atoms with Gasteiger partial charge in [-0.15, -0.1) is 0 Å². The highest BCUT2D eigenvalue weighted by molar-refractivity contribution is 5.88. The lowest BCUT2D eigenvalue weighted by Crippen LogP contribution is -2.41. The maximum Gasteiger partial charge on any atom is 0.411 e. The SMILES string of the molecule is C=C/C=C\[C@H](C)[C@H](OC(=O)Nc1ccc(N(C)C)cc1)[C@@H](C)[C@H](O)[C@@H](C)C/C(C)=C\[C@H](C)[C@@H](O)[C@@H](C)/C=C\[C@@H](O)C[C@@H]1OC(=O)C(C)=C[C@H]1C. The Labute approximate surface area is 300 Å². The minimum absolute atomic E-state index is 0.0166. The summed E-state index contributed by atoms with van der Waals surface area (Å²) in [6, 6.07) is 7.45. The van der Waals surface area contributed by atoms with Crippen LogP contribution in [0.5, 0.6) is 0 Å². The van der Waals surface area contributed by atoms with Crippen LogP contribution in [0.25, 0.3) is 0 Å². The molecule has 1 amide bonds. The summed E-state index contributed by atoms with van der Waals surface area (Å²) in [5.41, 5.74) is 3.23. The van der Waals surface area contributed by atoms with Crippen molar-refractivity contribution in [1.29, 1.82) is 0 Å². The van der Waals surface area contributed by atoms with E-state index in [9.17, 15) is 24.9 Å². The predicted molar refractivity (Wildman–Crippen MR) is 203 cm³/mol. The Kier molecular flexibility index (Phi) is 17.2. The van der Waals surface area contributed by atoms with Crippen molar-refractivity contribution in [1.82, 2.24) is 0 Å². The smallest absolute Gasteiger partial charge is 0.411 e. The van der Waals surface area contributed by atoms with Crippen LogP contribution in [0.3, 0.4) is 0 Å². The monoisotopic (exact) mass is 694 g/mol. The number of benzene rings is 1. The van der Waals surface area contributed by atoms with Crippen molar-refractivity contribution in [2.24, 2.45) is 35.5 Å². The third kappa shape index (κ3) is 13.2. The predicted octanol–water partition coefficient (Wildman–Crippen LogP) is 7.47. The number of aliphatic hydroxyl groups is 3. The quantitative estimate of drug-likeness (QED) is 0.0708. The first-order valence-corrected chi connectivity index (χ1v) is 17.8. The summed E-state index contributed by atoms with van der Waals surface area (Å²) in [7, 11) is 3.89. The Balaban J connectivity index is 2.01. The Morgan fingerprint density at radius 3 is 2.24 bits per heavy atom. The number of hydrogen-bond donors (Lipinski definition) is 4. The molecule has 1 aromatic carbocycles. The second kappa shape index (κ2) is 20.3. The fraction of sp³-hybridized carbons (Fsp3) is 0.561. The van der Waals surface area contributed by atoms with Gasteiger partial charge in [0.05, 0.1) is 18.3 Å². The van der Waals surface area contributed by atoms with Gasteiger partial charge in [-0.25, -0.2) is 9.59 Å². The molecular weight excluding hydrogens is 632 g/mol. The minimum Gasteiger partial charge on any atom is -0.458 e. The number of aliphatic hydroxyl groups excluding tert-OH is 3. The number of anilines is 2. The Morgan fingerprint density at radius 1 is 1.00 bits per heavy atom. The fourth-order valence-corrected chi connectivity index (χ4v) is 6.51. The molecule has 4 N–H and O–H groups in total. The molecule has 9 heteroatoms. The molecule has 0 aliphatic carbocycles. The highest BCUT2D eigenvalue weighted by Gasteiger charge is 2.34. The summed E-state index contributed by atoms with van der Waals surface area (Å²) in [6.45, 7) is 19.1. The Bertz CT molecular complexity index is 1370. The topological polar surface area (TPSA) is 129 Å². The molecule has 0 aromatic heterocycles. The summed E-state index contributed by atoms with van der Waals surface area (Å²) in [6.07, 6.45) is 9.75. The number of esters is 1.